The zero-order chi connectivity index (χ0) is 20.6. The van der Waals surface area contributed by atoms with Crippen molar-refractivity contribution in [2.75, 3.05) is 0 Å². The highest BCUT2D eigenvalue weighted by Gasteiger charge is 2.68. The van der Waals surface area contributed by atoms with Crippen molar-refractivity contribution in [1.82, 2.24) is 0 Å². The molecule has 4 saturated carbocycles. The molecule has 0 aromatic carbocycles. The molecule has 0 aromatic rings. The van der Waals surface area contributed by atoms with Gasteiger partial charge in [-0.2, -0.15) is 0 Å². The van der Waals surface area contributed by atoms with Crippen molar-refractivity contribution in [1.29, 1.82) is 0 Å². The van der Waals surface area contributed by atoms with Crippen LogP contribution in [0.15, 0.2) is 12.7 Å². The largest absolute Gasteiger partial charge is 0.303 e. The zero-order valence-electron chi connectivity index (χ0n) is 19.4. The van der Waals surface area contributed by atoms with Gasteiger partial charge in [0, 0.05) is 5.92 Å². The molecule has 28 heavy (non-hydrogen) atoms. The van der Waals surface area contributed by atoms with Crippen LogP contribution in [-0.2, 0) is 4.79 Å². The molecule has 0 aromatic heterocycles. The van der Waals surface area contributed by atoms with Gasteiger partial charge < -0.3 is 4.79 Å². The standard InChI is InChI=1S/C27H44O/c1-8-24(4)19(18-28)12-16-26(6)21(24)10-11-22-25(5)15-9-14-23(2,3)20(25)13-17-27(22,26)7/h8,18-22H,1,9-17H2,2-7H3/t19-,20-,21+,22+,24-,25-,26+,27+/m0/s1. The summed E-state index contributed by atoms with van der Waals surface area (Å²) in [6.45, 7) is 19.6. The van der Waals surface area contributed by atoms with E-state index in [9.17, 15) is 4.79 Å². The topological polar surface area (TPSA) is 17.1 Å². The SMILES string of the molecule is C=C[C@@]1(C)[C@H](C=O)CC[C@]2(C)[C@@H]1CC[C@@H]1[C@@]3(C)CCCC(C)(C)[C@@H]3CC[C@]12C. The Hall–Kier alpha value is -0.590. The van der Waals surface area contributed by atoms with Crippen molar-refractivity contribution < 1.29 is 4.79 Å². The van der Waals surface area contributed by atoms with E-state index in [0.29, 0.717) is 27.6 Å². The van der Waals surface area contributed by atoms with Crippen LogP contribution in [0.5, 0.6) is 0 Å². The summed E-state index contributed by atoms with van der Waals surface area (Å²) in [5.74, 6) is 2.47. The van der Waals surface area contributed by atoms with Crippen molar-refractivity contribution in [3.8, 4) is 0 Å². The molecule has 8 atom stereocenters. The molecule has 0 amide bonds. The summed E-state index contributed by atoms with van der Waals surface area (Å²) >= 11 is 0. The van der Waals surface area contributed by atoms with Crippen molar-refractivity contribution in [2.24, 2.45) is 50.7 Å². The lowest BCUT2D eigenvalue weighted by Gasteiger charge is -2.72. The van der Waals surface area contributed by atoms with Gasteiger partial charge in [-0.1, -0.05) is 54.0 Å². The van der Waals surface area contributed by atoms with E-state index in [-0.39, 0.29) is 11.3 Å². The number of allylic oxidation sites excluding steroid dienone is 1. The molecule has 4 aliphatic rings. The molecule has 158 valence electrons. The first-order valence-corrected chi connectivity index (χ1v) is 12.1. The molecular weight excluding hydrogens is 340 g/mol. The van der Waals surface area contributed by atoms with Crippen LogP contribution in [0.4, 0.5) is 0 Å². The number of carbonyl (C=O) groups excluding carboxylic acids is 1. The van der Waals surface area contributed by atoms with Crippen LogP contribution in [0.1, 0.15) is 99.3 Å². The maximum Gasteiger partial charge on any atom is 0.123 e. The van der Waals surface area contributed by atoms with Gasteiger partial charge in [0.25, 0.3) is 0 Å². The van der Waals surface area contributed by atoms with Crippen LogP contribution in [-0.4, -0.2) is 6.29 Å². The van der Waals surface area contributed by atoms with Gasteiger partial charge in [-0.25, -0.2) is 0 Å². The third kappa shape index (κ3) is 2.34. The van der Waals surface area contributed by atoms with E-state index in [0.717, 1.165) is 18.3 Å². The average molecular weight is 385 g/mol. The first-order chi connectivity index (χ1) is 13.0. The number of fused-ring (bicyclic) bond motifs is 5. The Morgan fingerprint density at radius 1 is 0.750 bits per heavy atom. The molecule has 0 radical (unpaired) electrons. The van der Waals surface area contributed by atoms with Crippen molar-refractivity contribution in [3.05, 3.63) is 12.7 Å². The lowest BCUT2D eigenvalue weighted by molar-refractivity contribution is -0.234. The quantitative estimate of drug-likeness (QED) is 0.357. The molecule has 0 bridgehead atoms. The highest BCUT2D eigenvalue weighted by atomic mass is 16.1. The van der Waals surface area contributed by atoms with Gasteiger partial charge in [-0.05, 0) is 96.2 Å². The molecule has 0 unspecified atom stereocenters. The summed E-state index contributed by atoms with van der Waals surface area (Å²) in [5.41, 5.74) is 1.68. The summed E-state index contributed by atoms with van der Waals surface area (Å²) < 4.78 is 0. The Kier molecular flexibility index (Phi) is 4.58. The highest BCUT2D eigenvalue weighted by molar-refractivity contribution is 5.56. The lowest BCUT2D eigenvalue weighted by Crippen LogP contribution is -2.65. The number of hydrogen-bond donors (Lipinski definition) is 0. The number of aldehydes is 1. The molecule has 4 fully saturated rings. The Labute approximate surface area is 174 Å². The Balaban J connectivity index is 1.77. The minimum Gasteiger partial charge on any atom is -0.303 e. The summed E-state index contributed by atoms with van der Waals surface area (Å²) in [5, 5.41) is 0. The summed E-state index contributed by atoms with van der Waals surface area (Å²) in [6, 6.07) is 0. The Morgan fingerprint density at radius 2 is 1.36 bits per heavy atom. The minimum atomic E-state index is -0.0354. The number of hydrogen-bond acceptors (Lipinski definition) is 1. The van der Waals surface area contributed by atoms with Crippen molar-refractivity contribution in [3.63, 3.8) is 0 Å². The maximum atomic E-state index is 11.9. The molecule has 0 aliphatic heterocycles. The normalized spacial score (nSPS) is 55.4. The molecule has 4 rings (SSSR count). The Bertz CT molecular complexity index is 663. The molecule has 0 heterocycles. The fraction of sp³-hybridized carbons (Fsp3) is 0.889. The molecular formula is C27H44O. The van der Waals surface area contributed by atoms with E-state index in [1.807, 2.05) is 0 Å². The van der Waals surface area contributed by atoms with E-state index < -0.39 is 0 Å². The van der Waals surface area contributed by atoms with E-state index in [1.165, 1.54) is 57.7 Å². The predicted octanol–water partition coefficient (Wildman–Crippen LogP) is 7.45. The van der Waals surface area contributed by atoms with Gasteiger partial charge in [0.15, 0.2) is 0 Å². The highest BCUT2D eigenvalue weighted by Crippen LogP contribution is 2.76. The van der Waals surface area contributed by atoms with Gasteiger partial charge in [-0.15, -0.1) is 6.58 Å². The molecule has 0 N–H and O–H groups in total. The van der Waals surface area contributed by atoms with Crippen LogP contribution in [0.25, 0.3) is 0 Å². The number of carbonyl (C=O) groups is 1. The molecule has 0 saturated heterocycles. The fourth-order valence-corrected chi connectivity index (χ4v) is 10.0. The molecule has 0 spiro atoms. The smallest absolute Gasteiger partial charge is 0.123 e. The maximum absolute atomic E-state index is 11.9. The zero-order valence-corrected chi connectivity index (χ0v) is 19.4. The second kappa shape index (κ2) is 6.21. The fourth-order valence-electron chi connectivity index (χ4n) is 10.0. The van der Waals surface area contributed by atoms with E-state index in [4.69, 9.17) is 0 Å². The lowest BCUT2D eigenvalue weighted by atomic mass is 9.32. The molecule has 1 nitrogen and oxygen atoms in total. The number of rotatable bonds is 2. The summed E-state index contributed by atoms with van der Waals surface area (Å²) in [7, 11) is 0. The monoisotopic (exact) mass is 384 g/mol. The predicted molar refractivity (Wildman–Crippen MR) is 118 cm³/mol. The van der Waals surface area contributed by atoms with Crippen LogP contribution < -0.4 is 0 Å². The molecule has 4 aliphatic carbocycles. The van der Waals surface area contributed by atoms with Crippen molar-refractivity contribution >= 4 is 6.29 Å². The second-order valence-electron chi connectivity index (χ2n) is 12.8. The van der Waals surface area contributed by atoms with E-state index in [1.54, 1.807) is 0 Å². The van der Waals surface area contributed by atoms with Crippen LogP contribution in [0.2, 0.25) is 0 Å². The van der Waals surface area contributed by atoms with Gasteiger partial charge in [0.05, 0.1) is 0 Å². The van der Waals surface area contributed by atoms with E-state index in [2.05, 4.69) is 54.2 Å². The first kappa shape index (κ1) is 20.7. The van der Waals surface area contributed by atoms with Gasteiger partial charge in [-0.3, -0.25) is 0 Å². The molecule has 1 heteroatoms. The van der Waals surface area contributed by atoms with Crippen molar-refractivity contribution in [2.45, 2.75) is 99.3 Å². The second-order valence-corrected chi connectivity index (χ2v) is 12.8. The summed E-state index contributed by atoms with van der Waals surface area (Å²) in [4.78, 5) is 11.9. The Morgan fingerprint density at radius 3 is 2.00 bits per heavy atom. The van der Waals surface area contributed by atoms with E-state index >= 15 is 0 Å². The summed E-state index contributed by atoms with van der Waals surface area (Å²) in [6.07, 6.45) is 15.4. The first-order valence-electron chi connectivity index (χ1n) is 12.1. The van der Waals surface area contributed by atoms with Crippen LogP contribution in [0, 0.1) is 50.7 Å². The average Bonchev–Trinajstić information content (AvgIpc) is 2.62. The van der Waals surface area contributed by atoms with Gasteiger partial charge >= 0.3 is 0 Å². The third-order valence-electron chi connectivity index (χ3n) is 11.7. The van der Waals surface area contributed by atoms with Crippen LogP contribution >= 0.6 is 0 Å². The minimum absolute atomic E-state index is 0.0354. The van der Waals surface area contributed by atoms with Gasteiger partial charge in [0.2, 0.25) is 0 Å². The van der Waals surface area contributed by atoms with Gasteiger partial charge in [0.1, 0.15) is 6.29 Å². The van der Waals surface area contributed by atoms with Crippen LogP contribution in [0.3, 0.4) is 0 Å². The third-order valence-corrected chi connectivity index (χ3v) is 11.7.